The highest BCUT2D eigenvalue weighted by Gasteiger charge is 2.09. The number of aromatic nitrogens is 4. The Morgan fingerprint density at radius 2 is 1.73 bits per heavy atom. The van der Waals surface area contributed by atoms with E-state index in [2.05, 4.69) is 34.1 Å². The normalized spacial score (nSPS) is 11.0. The lowest BCUT2D eigenvalue weighted by Crippen LogP contribution is -1.99. The van der Waals surface area contributed by atoms with Crippen LogP contribution in [0.15, 0.2) is 67.4 Å². The summed E-state index contributed by atoms with van der Waals surface area (Å²) in [4.78, 5) is 8.72. The van der Waals surface area contributed by atoms with Crippen molar-refractivity contribution < 1.29 is 0 Å². The van der Waals surface area contributed by atoms with E-state index in [0.29, 0.717) is 0 Å². The van der Waals surface area contributed by atoms with Gasteiger partial charge < -0.3 is 0 Å². The van der Waals surface area contributed by atoms with Crippen molar-refractivity contribution in [3.05, 3.63) is 72.9 Å². The molecule has 0 atom stereocenters. The maximum absolute atomic E-state index is 4.57. The second kappa shape index (κ2) is 5.07. The van der Waals surface area contributed by atoms with Crippen LogP contribution in [-0.4, -0.2) is 19.7 Å². The molecule has 22 heavy (non-hydrogen) atoms. The quantitative estimate of drug-likeness (QED) is 0.563. The van der Waals surface area contributed by atoms with Crippen molar-refractivity contribution in [1.82, 2.24) is 19.7 Å². The summed E-state index contributed by atoms with van der Waals surface area (Å²) in [5.74, 6) is 0.844. The molecule has 0 aliphatic rings. The monoisotopic (exact) mass is 286 g/mol. The van der Waals surface area contributed by atoms with Gasteiger partial charge in [-0.25, -0.2) is 9.67 Å². The van der Waals surface area contributed by atoms with Crippen LogP contribution in [0.25, 0.3) is 27.7 Å². The molecule has 1 aromatic carbocycles. The fourth-order valence-electron chi connectivity index (χ4n) is 2.62. The fraction of sp³-hybridized carbons (Fsp3) is 0.0556. The second-order valence-electron chi connectivity index (χ2n) is 5.23. The van der Waals surface area contributed by atoms with Gasteiger partial charge in [-0.05, 0) is 23.9 Å². The Hall–Kier alpha value is -3.01. The van der Waals surface area contributed by atoms with Gasteiger partial charge in [0.1, 0.15) is 0 Å². The molecule has 0 saturated carbocycles. The Morgan fingerprint density at radius 1 is 0.864 bits per heavy atom. The van der Waals surface area contributed by atoms with Crippen LogP contribution in [0.1, 0.15) is 5.56 Å². The number of pyridine rings is 2. The number of nitrogens with zero attached hydrogens (tertiary/aromatic N) is 4. The molecule has 0 saturated heterocycles. The summed E-state index contributed by atoms with van der Waals surface area (Å²) >= 11 is 0. The summed E-state index contributed by atoms with van der Waals surface area (Å²) < 4.78 is 1.82. The molecule has 4 heteroatoms. The van der Waals surface area contributed by atoms with Crippen LogP contribution in [0.3, 0.4) is 0 Å². The Labute approximate surface area is 128 Å². The van der Waals surface area contributed by atoms with Gasteiger partial charge in [0.15, 0.2) is 5.82 Å². The minimum atomic E-state index is 0.844. The molecule has 4 aromatic rings. The molecule has 3 aromatic heterocycles. The third-order valence-electron chi connectivity index (χ3n) is 3.77. The van der Waals surface area contributed by atoms with Crippen molar-refractivity contribution in [2.45, 2.75) is 6.92 Å². The van der Waals surface area contributed by atoms with Crippen molar-refractivity contribution in [1.29, 1.82) is 0 Å². The van der Waals surface area contributed by atoms with E-state index < -0.39 is 0 Å². The Morgan fingerprint density at radius 3 is 2.55 bits per heavy atom. The van der Waals surface area contributed by atoms with E-state index in [0.717, 1.165) is 22.3 Å². The predicted octanol–water partition coefficient (Wildman–Crippen LogP) is 3.79. The highest BCUT2D eigenvalue weighted by molar-refractivity contribution is 5.90. The third-order valence-corrected chi connectivity index (χ3v) is 3.77. The lowest BCUT2D eigenvalue weighted by atomic mass is 10.1. The van der Waals surface area contributed by atoms with Gasteiger partial charge in [-0.15, -0.1) is 0 Å². The topological polar surface area (TPSA) is 43.6 Å². The summed E-state index contributed by atoms with van der Waals surface area (Å²) in [5.41, 5.74) is 3.24. The Balaban J connectivity index is 1.87. The van der Waals surface area contributed by atoms with Crippen molar-refractivity contribution in [2.24, 2.45) is 0 Å². The molecule has 0 bridgehead atoms. The highest BCUT2D eigenvalue weighted by Crippen LogP contribution is 2.24. The molecule has 0 unspecified atom stereocenters. The Bertz CT molecular complexity index is 942. The van der Waals surface area contributed by atoms with Crippen LogP contribution in [-0.2, 0) is 0 Å². The molecule has 0 aliphatic carbocycles. The number of hydrogen-bond acceptors (Lipinski definition) is 3. The zero-order chi connectivity index (χ0) is 14.9. The number of benzene rings is 1. The number of rotatable bonds is 2. The van der Waals surface area contributed by atoms with Gasteiger partial charge in [-0.3, -0.25) is 4.98 Å². The Kier molecular flexibility index (Phi) is 2.93. The lowest BCUT2D eigenvalue weighted by Gasteiger charge is -2.07. The van der Waals surface area contributed by atoms with Gasteiger partial charge in [0.25, 0.3) is 0 Å². The number of aryl methyl sites for hydroxylation is 1. The van der Waals surface area contributed by atoms with Gasteiger partial charge in [-0.2, -0.15) is 5.10 Å². The number of fused-ring (bicyclic) bond motifs is 1. The molecule has 3 heterocycles. The van der Waals surface area contributed by atoms with Gasteiger partial charge in [0.2, 0.25) is 0 Å². The van der Waals surface area contributed by atoms with Crippen molar-refractivity contribution >= 4 is 10.8 Å². The van der Waals surface area contributed by atoms with Gasteiger partial charge in [-0.1, -0.05) is 30.3 Å². The van der Waals surface area contributed by atoms with Crippen LogP contribution in [0, 0.1) is 6.92 Å². The minimum Gasteiger partial charge on any atom is -0.264 e. The summed E-state index contributed by atoms with van der Waals surface area (Å²) in [7, 11) is 0. The second-order valence-corrected chi connectivity index (χ2v) is 5.23. The molecule has 0 radical (unpaired) electrons. The summed E-state index contributed by atoms with van der Waals surface area (Å²) in [6.45, 7) is 2.07. The third kappa shape index (κ3) is 2.05. The zero-order valence-corrected chi connectivity index (χ0v) is 12.1. The van der Waals surface area contributed by atoms with E-state index in [-0.39, 0.29) is 0 Å². The first-order valence-electron chi connectivity index (χ1n) is 7.13. The standard InChI is InChI=1S/C18H14N4/c1-13-9-20-18(17-7-3-2-6-16(13)17)22-12-15(11-21-22)14-5-4-8-19-10-14/h2-12H,1H3. The average molecular weight is 286 g/mol. The first-order chi connectivity index (χ1) is 10.8. The van der Waals surface area contributed by atoms with Gasteiger partial charge in [0.05, 0.1) is 6.20 Å². The van der Waals surface area contributed by atoms with E-state index in [1.807, 2.05) is 53.7 Å². The molecular weight excluding hydrogens is 272 g/mol. The summed E-state index contributed by atoms with van der Waals surface area (Å²) in [6, 6.07) is 12.2. The van der Waals surface area contributed by atoms with Crippen LogP contribution in [0.4, 0.5) is 0 Å². The molecule has 0 aliphatic heterocycles. The van der Waals surface area contributed by atoms with E-state index in [4.69, 9.17) is 0 Å². The average Bonchev–Trinajstić information content (AvgIpc) is 3.06. The maximum Gasteiger partial charge on any atom is 0.161 e. The largest absolute Gasteiger partial charge is 0.264 e. The van der Waals surface area contributed by atoms with E-state index >= 15 is 0 Å². The molecule has 0 fully saturated rings. The SMILES string of the molecule is Cc1cnc(-n2cc(-c3cccnc3)cn2)c2ccccc12. The molecule has 0 amide bonds. The maximum atomic E-state index is 4.57. The van der Waals surface area contributed by atoms with E-state index in [9.17, 15) is 0 Å². The lowest BCUT2D eigenvalue weighted by molar-refractivity contribution is 0.855. The zero-order valence-electron chi connectivity index (χ0n) is 12.1. The molecule has 4 rings (SSSR count). The highest BCUT2D eigenvalue weighted by atomic mass is 15.3. The van der Waals surface area contributed by atoms with Crippen LogP contribution >= 0.6 is 0 Å². The minimum absolute atomic E-state index is 0.844. The van der Waals surface area contributed by atoms with Gasteiger partial charge >= 0.3 is 0 Å². The molecule has 0 spiro atoms. The van der Waals surface area contributed by atoms with Crippen molar-refractivity contribution in [3.8, 4) is 16.9 Å². The van der Waals surface area contributed by atoms with Gasteiger partial charge in [0, 0.05) is 41.3 Å². The smallest absolute Gasteiger partial charge is 0.161 e. The summed E-state index contributed by atoms with van der Waals surface area (Å²) in [6.07, 6.45) is 9.32. The van der Waals surface area contributed by atoms with E-state index in [1.165, 1.54) is 10.9 Å². The van der Waals surface area contributed by atoms with Crippen LogP contribution < -0.4 is 0 Å². The van der Waals surface area contributed by atoms with E-state index in [1.54, 1.807) is 6.20 Å². The molecule has 4 nitrogen and oxygen atoms in total. The first kappa shape index (κ1) is 12.7. The summed E-state index contributed by atoms with van der Waals surface area (Å²) in [5, 5.41) is 6.77. The molecule has 0 N–H and O–H groups in total. The van der Waals surface area contributed by atoms with Crippen LogP contribution in [0.5, 0.6) is 0 Å². The molecular formula is C18H14N4. The van der Waals surface area contributed by atoms with Crippen LogP contribution in [0.2, 0.25) is 0 Å². The number of hydrogen-bond donors (Lipinski definition) is 0. The van der Waals surface area contributed by atoms with Crippen molar-refractivity contribution in [2.75, 3.05) is 0 Å². The predicted molar refractivity (Wildman–Crippen MR) is 86.8 cm³/mol. The van der Waals surface area contributed by atoms with Crippen molar-refractivity contribution in [3.63, 3.8) is 0 Å². The first-order valence-corrected chi connectivity index (χ1v) is 7.13. The molecule has 106 valence electrons. The fourth-order valence-corrected chi connectivity index (χ4v) is 2.62.